The summed E-state index contributed by atoms with van der Waals surface area (Å²) in [6, 6.07) is 8.46. The molecule has 0 spiro atoms. The Morgan fingerprint density at radius 3 is 2.80 bits per heavy atom. The van der Waals surface area contributed by atoms with Crippen LogP contribution in [0.15, 0.2) is 18.2 Å². The number of thiophene rings is 1. The van der Waals surface area contributed by atoms with E-state index in [1.54, 1.807) is 6.07 Å². The lowest BCUT2D eigenvalue weighted by Gasteiger charge is -2.31. The molecule has 3 atom stereocenters. The normalized spacial score (nSPS) is 23.6. The summed E-state index contributed by atoms with van der Waals surface area (Å²) in [5.41, 5.74) is 5.71. The average Bonchev–Trinajstić information content (AvgIpc) is 3.59. The lowest BCUT2D eigenvalue weighted by Crippen LogP contribution is -2.43. The topological polar surface area (TPSA) is 115 Å². The van der Waals surface area contributed by atoms with E-state index >= 15 is 4.39 Å². The number of nitrogens with zero attached hydrogens (tertiary/aromatic N) is 6. The Hall–Kier alpha value is -3.84. The fourth-order valence-corrected chi connectivity index (χ4v) is 8.55. The summed E-state index contributed by atoms with van der Waals surface area (Å²) in [5.74, 6) is -1.22. The maximum Gasteiger partial charge on any atom is 0.319 e. The number of fused-ring (bicyclic) bond motifs is 3. The summed E-state index contributed by atoms with van der Waals surface area (Å²) in [7, 11) is 0. The van der Waals surface area contributed by atoms with Gasteiger partial charge < -0.3 is 15.4 Å². The predicted molar refractivity (Wildman–Crippen MR) is 168 cm³/mol. The Balaban J connectivity index is 1.40. The molecule has 4 aromatic rings. The molecule has 2 aromatic heterocycles. The fourth-order valence-electron chi connectivity index (χ4n) is 7.31. The number of ether oxygens (including phenoxy) is 1. The zero-order valence-electron chi connectivity index (χ0n) is 24.3. The molecule has 2 N–H and O–H groups in total. The molecule has 5 heterocycles. The molecule has 3 aliphatic heterocycles. The summed E-state index contributed by atoms with van der Waals surface area (Å²) in [4.78, 5) is 13.3. The zero-order chi connectivity index (χ0) is 31.5. The number of rotatable bonds is 5. The summed E-state index contributed by atoms with van der Waals surface area (Å²) in [5, 5.41) is 20.2. The Morgan fingerprint density at radius 2 is 2.00 bits per heavy atom. The molecule has 7 rings (SSSR count). The number of hydrogen-bond acceptors (Lipinski definition) is 9. The van der Waals surface area contributed by atoms with Crippen LogP contribution in [0.4, 0.5) is 24.0 Å². The predicted octanol–water partition coefficient (Wildman–Crippen LogP) is 6.98. The molecule has 45 heavy (non-hydrogen) atoms. The first kappa shape index (κ1) is 29.8. The van der Waals surface area contributed by atoms with Crippen LogP contribution in [0.25, 0.3) is 32.1 Å². The van der Waals surface area contributed by atoms with Gasteiger partial charge in [-0.25, -0.2) is 13.2 Å². The molecule has 0 amide bonds. The third kappa shape index (κ3) is 5.00. The largest absolute Gasteiger partial charge is 0.461 e. The van der Waals surface area contributed by atoms with Crippen molar-refractivity contribution >= 4 is 54.7 Å². The number of hydrogen-bond donors (Lipinski definition) is 1. The first-order valence-electron chi connectivity index (χ1n) is 15.0. The molecular formula is C32H29ClF3N7OS. The van der Waals surface area contributed by atoms with E-state index in [1.165, 1.54) is 12.1 Å². The smallest absolute Gasteiger partial charge is 0.319 e. The van der Waals surface area contributed by atoms with Crippen LogP contribution in [0.2, 0.25) is 5.02 Å². The minimum absolute atomic E-state index is 0.0205. The standard InChI is InChI=1S/C32H29ClF3N7OS/c33-22-10-20-27(26(36)25(22)19-5-6-23(35)28-24(19)21(13-38)29(39)45-28)40-31(41-30(20)42-8-2-1-4-17(12-37)14-42)44-16-32-7-3-9-43(32)15-18(34)11-32/h5-6,10,17-18H,1-4,7-9,11,14-16,39H2/t17?,18-,32+/m1/s1. The van der Waals surface area contributed by atoms with Crippen molar-refractivity contribution in [1.29, 1.82) is 10.5 Å². The second-order valence-electron chi connectivity index (χ2n) is 12.2. The molecule has 232 valence electrons. The minimum Gasteiger partial charge on any atom is -0.461 e. The molecule has 0 radical (unpaired) electrons. The summed E-state index contributed by atoms with van der Waals surface area (Å²) >= 11 is 7.72. The van der Waals surface area contributed by atoms with E-state index in [0.717, 1.165) is 50.0 Å². The highest BCUT2D eigenvalue weighted by Gasteiger charge is 2.49. The van der Waals surface area contributed by atoms with Crippen LogP contribution in [0.1, 0.15) is 44.1 Å². The molecular weight excluding hydrogens is 623 g/mol. The molecule has 13 heteroatoms. The van der Waals surface area contributed by atoms with Crippen LogP contribution in [-0.4, -0.2) is 59.4 Å². The van der Waals surface area contributed by atoms with Crippen LogP contribution in [-0.2, 0) is 0 Å². The highest BCUT2D eigenvalue weighted by molar-refractivity contribution is 7.23. The molecule has 3 fully saturated rings. The van der Waals surface area contributed by atoms with E-state index in [2.05, 4.69) is 16.0 Å². The SMILES string of the molecule is N#Cc1c(N)sc2c(F)ccc(-c3c(Cl)cc4c(N5CCCCC(C#N)C5)nc(OC[C@@]56CCCN5C[C@H](F)C6)nc4c3F)c12. The van der Waals surface area contributed by atoms with Crippen molar-refractivity contribution in [3.05, 3.63) is 40.4 Å². The maximum absolute atomic E-state index is 16.9. The van der Waals surface area contributed by atoms with Gasteiger partial charge in [-0.1, -0.05) is 24.1 Å². The van der Waals surface area contributed by atoms with Crippen LogP contribution in [0, 0.1) is 40.2 Å². The van der Waals surface area contributed by atoms with E-state index < -0.39 is 23.3 Å². The van der Waals surface area contributed by atoms with Crippen molar-refractivity contribution in [2.24, 2.45) is 5.92 Å². The molecule has 0 saturated carbocycles. The lowest BCUT2D eigenvalue weighted by atomic mass is 9.95. The first-order chi connectivity index (χ1) is 21.7. The molecule has 3 saturated heterocycles. The first-order valence-corrected chi connectivity index (χ1v) is 16.2. The van der Waals surface area contributed by atoms with Gasteiger partial charge in [-0.3, -0.25) is 4.90 Å². The molecule has 0 bridgehead atoms. The average molecular weight is 652 g/mol. The Bertz CT molecular complexity index is 1920. The van der Waals surface area contributed by atoms with Crippen molar-refractivity contribution in [1.82, 2.24) is 14.9 Å². The lowest BCUT2D eigenvalue weighted by molar-refractivity contribution is 0.107. The Labute approximate surface area is 266 Å². The molecule has 3 aliphatic rings. The maximum atomic E-state index is 16.9. The van der Waals surface area contributed by atoms with Gasteiger partial charge in [0, 0.05) is 42.4 Å². The number of halogens is 4. The highest BCUT2D eigenvalue weighted by Crippen LogP contribution is 2.46. The summed E-state index contributed by atoms with van der Waals surface area (Å²) in [6.07, 6.45) is 3.55. The van der Waals surface area contributed by atoms with Gasteiger partial charge in [0.25, 0.3) is 0 Å². The van der Waals surface area contributed by atoms with Crippen molar-refractivity contribution in [3.8, 4) is 29.3 Å². The van der Waals surface area contributed by atoms with Crippen LogP contribution in [0.5, 0.6) is 6.01 Å². The van der Waals surface area contributed by atoms with Crippen LogP contribution in [0.3, 0.4) is 0 Å². The van der Waals surface area contributed by atoms with Gasteiger partial charge in [-0.15, -0.1) is 11.3 Å². The quantitative estimate of drug-likeness (QED) is 0.246. The second-order valence-corrected chi connectivity index (χ2v) is 13.6. The van der Waals surface area contributed by atoms with E-state index in [1.807, 2.05) is 11.0 Å². The van der Waals surface area contributed by atoms with Crippen molar-refractivity contribution in [2.75, 3.05) is 43.4 Å². The van der Waals surface area contributed by atoms with Gasteiger partial charge in [0.1, 0.15) is 41.0 Å². The van der Waals surface area contributed by atoms with Gasteiger partial charge in [-0.2, -0.15) is 20.5 Å². The number of aromatic nitrogens is 2. The third-order valence-corrected chi connectivity index (χ3v) is 10.8. The number of anilines is 2. The number of nitrogen functional groups attached to an aromatic ring is 1. The van der Waals surface area contributed by atoms with E-state index in [4.69, 9.17) is 27.1 Å². The minimum atomic E-state index is -0.943. The third-order valence-electron chi connectivity index (χ3n) is 9.43. The van der Waals surface area contributed by atoms with Crippen LogP contribution >= 0.6 is 22.9 Å². The van der Waals surface area contributed by atoms with Crippen molar-refractivity contribution < 1.29 is 17.9 Å². The molecule has 0 aliphatic carbocycles. The summed E-state index contributed by atoms with van der Waals surface area (Å²) < 4.78 is 52.5. The zero-order valence-corrected chi connectivity index (χ0v) is 25.8. The van der Waals surface area contributed by atoms with Crippen molar-refractivity contribution in [2.45, 2.75) is 50.2 Å². The number of benzene rings is 2. The van der Waals surface area contributed by atoms with E-state index in [0.29, 0.717) is 37.3 Å². The molecule has 8 nitrogen and oxygen atoms in total. The van der Waals surface area contributed by atoms with Crippen LogP contribution < -0.4 is 15.4 Å². The van der Waals surface area contributed by atoms with Gasteiger partial charge in [-0.05, 0) is 49.9 Å². The van der Waals surface area contributed by atoms with Gasteiger partial charge in [0.05, 0.1) is 32.8 Å². The fraction of sp³-hybridized carbons (Fsp3) is 0.438. The van der Waals surface area contributed by atoms with Gasteiger partial charge in [0.2, 0.25) is 0 Å². The second kappa shape index (κ2) is 11.5. The molecule has 2 aromatic carbocycles. The van der Waals surface area contributed by atoms with E-state index in [-0.39, 0.29) is 60.9 Å². The monoisotopic (exact) mass is 651 g/mol. The van der Waals surface area contributed by atoms with Gasteiger partial charge in [0.15, 0.2) is 5.82 Å². The Morgan fingerprint density at radius 1 is 1.16 bits per heavy atom. The number of nitrogens with two attached hydrogens (primary N) is 1. The van der Waals surface area contributed by atoms with E-state index in [9.17, 15) is 19.3 Å². The Kier molecular flexibility index (Phi) is 7.63. The summed E-state index contributed by atoms with van der Waals surface area (Å²) in [6.45, 7) is 2.28. The number of nitriles is 2. The molecule has 1 unspecified atom stereocenters. The van der Waals surface area contributed by atoms with Crippen molar-refractivity contribution in [3.63, 3.8) is 0 Å². The highest BCUT2D eigenvalue weighted by atomic mass is 35.5. The number of alkyl halides is 1. The van der Waals surface area contributed by atoms with Gasteiger partial charge >= 0.3 is 6.01 Å².